The molecule has 7 rings (SSSR count). The number of likely N-dealkylation sites (N-methyl/N-ethyl adjacent to an activating group) is 1. The molecule has 4 heterocycles. The minimum Gasteiger partial charge on any atom is -0.497 e. The first-order chi connectivity index (χ1) is 29.1. The highest BCUT2D eigenvalue weighted by Gasteiger charge is 2.36. The summed E-state index contributed by atoms with van der Waals surface area (Å²) < 4.78 is 67.4. The molecule has 2 aliphatic rings. The van der Waals surface area contributed by atoms with Crippen LogP contribution in [0.25, 0.3) is 22.2 Å². The van der Waals surface area contributed by atoms with E-state index in [1.54, 1.807) is 25.2 Å². The van der Waals surface area contributed by atoms with Crippen LogP contribution in [0.4, 0.5) is 29.6 Å². The number of ether oxygens (including phenoxy) is 4. The topological polar surface area (TPSA) is 106 Å². The number of halogens is 4. The first-order valence-electron chi connectivity index (χ1n) is 20.2. The predicted octanol–water partition coefficient (Wildman–Crippen LogP) is 9.12. The molecule has 2 aromatic heterocycles. The monoisotopic (exact) mass is 861 g/mol. The smallest absolute Gasteiger partial charge is 0.418 e. The number of methoxy groups -OCH3 is 2. The summed E-state index contributed by atoms with van der Waals surface area (Å²) in [4.78, 5) is 35.0. The third-order valence-electron chi connectivity index (χ3n) is 10.9. The number of piperazine rings is 1. The van der Waals surface area contributed by atoms with Crippen molar-refractivity contribution >= 4 is 40.2 Å². The van der Waals surface area contributed by atoms with Crippen molar-refractivity contribution in [2.45, 2.75) is 64.5 Å². The SMILES string of the molecule is COc1ccc(CN(Cc2ccc(OC)cc2)c2ccc(C(F)(F)F)c(-c3cc4nc(OCC5CCCN5C)nc(N5CCN(C(=O)OC(C)(C)C)CC5)c4cc3Cl)n2)cc1. The van der Waals surface area contributed by atoms with Crippen molar-refractivity contribution in [1.29, 1.82) is 0 Å². The van der Waals surface area contributed by atoms with Gasteiger partial charge in [-0.3, -0.25) is 0 Å². The zero-order valence-electron chi connectivity index (χ0n) is 35.3. The Hall–Kier alpha value is -5.54. The fraction of sp³-hybridized carbons (Fsp3) is 0.422. The van der Waals surface area contributed by atoms with Crippen molar-refractivity contribution in [1.82, 2.24) is 24.8 Å². The second-order valence-corrected chi connectivity index (χ2v) is 16.7. The van der Waals surface area contributed by atoms with E-state index in [9.17, 15) is 18.0 Å². The number of hydrogen-bond acceptors (Lipinski definition) is 11. The van der Waals surface area contributed by atoms with Crippen molar-refractivity contribution in [3.63, 3.8) is 0 Å². The summed E-state index contributed by atoms with van der Waals surface area (Å²) in [6, 6.07) is 20.8. The van der Waals surface area contributed by atoms with Gasteiger partial charge in [-0.25, -0.2) is 9.78 Å². The van der Waals surface area contributed by atoms with Gasteiger partial charge in [0.15, 0.2) is 0 Å². The number of likely N-dealkylation sites (tertiary alicyclic amines) is 1. The fourth-order valence-corrected chi connectivity index (χ4v) is 7.82. The number of alkyl halides is 3. The summed E-state index contributed by atoms with van der Waals surface area (Å²) in [6.07, 6.45) is -3.16. The van der Waals surface area contributed by atoms with E-state index < -0.39 is 23.4 Å². The number of rotatable bonds is 12. The summed E-state index contributed by atoms with van der Waals surface area (Å²) in [5, 5.41) is 0.563. The van der Waals surface area contributed by atoms with Gasteiger partial charge in [-0.05, 0) is 107 Å². The Morgan fingerprint density at radius 2 is 1.46 bits per heavy atom. The largest absolute Gasteiger partial charge is 0.497 e. The zero-order chi connectivity index (χ0) is 43.5. The van der Waals surface area contributed by atoms with Gasteiger partial charge in [-0.2, -0.15) is 23.1 Å². The van der Waals surface area contributed by atoms with Gasteiger partial charge >= 0.3 is 18.3 Å². The van der Waals surface area contributed by atoms with Crippen LogP contribution in [-0.4, -0.2) is 103 Å². The first kappa shape index (κ1) is 43.5. The summed E-state index contributed by atoms with van der Waals surface area (Å²) in [6.45, 7) is 8.97. The number of fused-ring (bicyclic) bond motifs is 1. The highest BCUT2D eigenvalue weighted by molar-refractivity contribution is 6.34. The van der Waals surface area contributed by atoms with E-state index in [-0.39, 0.29) is 28.3 Å². The Morgan fingerprint density at radius 1 is 0.836 bits per heavy atom. The maximum Gasteiger partial charge on any atom is 0.418 e. The molecule has 61 heavy (non-hydrogen) atoms. The van der Waals surface area contributed by atoms with Crippen LogP contribution in [0.3, 0.4) is 0 Å². The van der Waals surface area contributed by atoms with E-state index in [1.807, 2.05) is 86.1 Å². The fourth-order valence-electron chi connectivity index (χ4n) is 7.57. The molecule has 12 nitrogen and oxygen atoms in total. The highest BCUT2D eigenvalue weighted by atomic mass is 35.5. The molecule has 2 saturated heterocycles. The molecule has 3 aromatic carbocycles. The molecule has 0 saturated carbocycles. The summed E-state index contributed by atoms with van der Waals surface area (Å²) in [7, 11) is 5.21. The molecule has 1 amide bonds. The highest BCUT2D eigenvalue weighted by Crippen LogP contribution is 2.42. The van der Waals surface area contributed by atoms with Crippen LogP contribution < -0.4 is 24.0 Å². The number of hydrogen-bond donors (Lipinski definition) is 0. The van der Waals surface area contributed by atoms with E-state index in [0.29, 0.717) is 79.9 Å². The summed E-state index contributed by atoms with van der Waals surface area (Å²) in [5.41, 5.74) is 0.256. The predicted molar refractivity (Wildman–Crippen MR) is 230 cm³/mol. The molecule has 2 aliphatic heterocycles. The summed E-state index contributed by atoms with van der Waals surface area (Å²) in [5.74, 6) is 2.17. The molecule has 1 unspecified atom stereocenters. The van der Waals surface area contributed by atoms with Gasteiger partial charge in [0, 0.05) is 56.3 Å². The van der Waals surface area contributed by atoms with Gasteiger partial charge in [0.2, 0.25) is 0 Å². The quantitative estimate of drug-likeness (QED) is 0.120. The van der Waals surface area contributed by atoms with E-state index in [0.717, 1.165) is 36.6 Å². The van der Waals surface area contributed by atoms with Crippen molar-refractivity contribution in [2.75, 3.05) is 70.4 Å². The van der Waals surface area contributed by atoms with Gasteiger partial charge < -0.3 is 38.5 Å². The Labute approximate surface area is 359 Å². The van der Waals surface area contributed by atoms with E-state index in [2.05, 4.69) is 4.90 Å². The van der Waals surface area contributed by atoms with E-state index in [4.69, 9.17) is 45.5 Å². The number of anilines is 2. The van der Waals surface area contributed by atoms with Crippen LogP contribution >= 0.6 is 11.6 Å². The van der Waals surface area contributed by atoms with Crippen LogP contribution in [-0.2, 0) is 24.0 Å². The number of amides is 1. The lowest BCUT2D eigenvalue weighted by molar-refractivity contribution is -0.137. The Morgan fingerprint density at radius 3 is 2.00 bits per heavy atom. The molecule has 2 fully saturated rings. The molecule has 0 aliphatic carbocycles. The number of benzene rings is 3. The van der Waals surface area contributed by atoms with E-state index in [1.165, 1.54) is 12.1 Å². The average Bonchev–Trinajstić information content (AvgIpc) is 3.65. The van der Waals surface area contributed by atoms with Crippen molar-refractivity contribution in [3.05, 3.63) is 94.5 Å². The van der Waals surface area contributed by atoms with Crippen LogP contribution in [0.15, 0.2) is 72.8 Å². The number of pyridine rings is 1. The minimum absolute atomic E-state index is 0.0398. The molecule has 1 atom stereocenters. The lowest BCUT2D eigenvalue weighted by atomic mass is 10.0. The maximum atomic E-state index is 15.0. The number of carbonyl (C=O) groups is 1. The van der Waals surface area contributed by atoms with Gasteiger partial charge in [0.1, 0.15) is 35.3 Å². The van der Waals surface area contributed by atoms with Crippen molar-refractivity contribution in [2.24, 2.45) is 0 Å². The van der Waals surface area contributed by atoms with Crippen LogP contribution in [0.5, 0.6) is 17.5 Å². The van der Waals surface area contributed by atoms with Crippen LogP contribution in [0.2, 0.25) is 5.02 Å². The minimum atomic E-state index is -4.76. The van der Waals surface area contributed by atoms with Crippen LogP contribution in [0.1, 0.15) is 50.3 Å². The second-order valence-electron chi connectivity index (χ2n) is 16.3. The Kier molecular flexibility index (Phi) is 13.0. The molecule has 0 bridgehead atoms. The lowest BCUT2D eigenvalue weighted by Gasteiger charge is -2.36. The molecular formula is C45H51ClF3N7O5. The molecular weight excluding hydrogens is 811 g/mol. The number of nitrogens with zero attached hydrogens (tertiary/aromatic N) is 7. The molecule has 0 spiro atoms. The van der Waals surface area contributed by atoms with Crippen LogP contribution in [0, 0.1) is 0 Å². The number of carbonyl (C=O) groups excluding carboxylic acids is 1. The second kappa shape index (κ2) is 18.2. The standard InChI is InChI=1S/C45H51ClF3N7O5/c1-44(2,3)61-43(57)55-22-20-54(21-23-55)41-35-24-37(46)34(25-38(35)50-42(52-41)60-28-31-8-7-19-53(31)4)40-36(45(47,48)49)17-18-39(51-40)56(26-29-9-13-32(58-5)14-10-29)27-30-11-15-33(59-6)16-12-30/h9-18,24-25,31H,7-8,19-23,26-28H2,1-6H3. The normalized spacial score (nSPS) is 16.2. The van der Waals surface area contributed by atoms with Gasteiger partial charge in [0.25, 0.3) is 0 Å². The lowest BCUT2D eigenvalue weighted by Crippen LogP contribution is -2.50. The molecule has 0 radical (unpaired) electrons. The molecule has 324 valence electrons. The van der Waals surface area contributed by atoms with Crippen molar-refractivity contribution in [3.8, 4) is 28.8 Å². The third-order valence-corrected chi connectivity index (χ3v) is 11.2. The maximum absolute atomic E-state index is 15.0. The Bertz CT molecular complexity index is 2270. The molecule has 0 N–H and O–H groups in total. The average molecular weight is 862 g/mol. The van der Waals surface area contributed by atoms with Gasteiger partial charge in [-0.15, -0.1) is 0 Å². The molecule has 16 heteroatoms. The number of aromatic nitrogens is 3. The van der Waals surface area contributed by atoms with Gasteiger partial charge in [-0.1, -0.05) is 35.9 Å². The Balaban J connectivity index is 1.29. The van der Waals surface area contributed by atoms with E-state index >= 15 is 0 Å². The first-order valence-corrected chi connectivity index (χ1v) is 20.6. The zero-order valence-corrected chi connectivity index (χ0v) is 36.0. The van der Waals surface area contributed by atoms with Gasteiger partial charge in [0.05, 0.1) is 36.0 Å². The third kappa shape index (κ3) is 10.5. The summed E-state index contributed by atoms with van der Waals surface area (Å²) >= 11 is 7.02. The molecule has 5 aromatic rings. The van der Waals surface area contributed by atoms with Crippen molar-refractivity contribution < 1.29 is 36.9 Å².